The maximum absolute atomic E-state index is 12.0. The molecule has 0 bridgehead atoms. The number of ether oxygens (including phenoxy) is 2. The van der Waals surface area contributed by atoms with Crippen LogP contribution in [0.2, 0.25) is 0 Å². The van der Waals surface area contributed by atoms with Gasteiger partial charge in [0.05, 0.1) is 34.4 Å². The predicted octanol–water partition coefficient (Wildman–Crippen LogP) is 4.11. The second-order valence-corrected chi connectivity index (χ2v) is 5.69. The molecule has 0 aliphatic rings. The molecule has 0 aliphatic heterocycles. The van der Waals surface area contributed by atoms with E-state index in [4.69, 9.17) is 9.47 Å². The molecule has 0 fully saturated rings. The first-order valence-electron chi connectivity index (χ1n) is 7.29. The van der Waals surface area contributed by atoms with Crippen LogP contribution in [0.15, 0.2) is 34.9 Å². The molecular weight excluding hydrogens is 392 g/mol. The van der Waals surface area contributed by atoms with Crippen molar-refractivity contribution < 1.29 is 19.2 Å². The van der Waals surface area contributed by atoms with Gasteiger partial charge in [0.15, 0.2) is 0 Å². The van der Waals surface area contributed by atoms with Gasteiger partial charge in [-0.1, -0.05) is 12.1 Å². The molecule has 0 saturated carbocycles. The summed E-state index contributed by atoms with van der Waals surface area (Å²) in [5, 5.41) is 10.9. The van der Waals surface area contributed by atoms with Gasteiger partial charge in [0, 0.05) is 6.07 Å². The number of methoxy groups -OCH3 is 1. The number of benzene rings is 1. The third kappa shape index (κ3) is 4.63. The highest BCUT2D eigenvalue weighted by molar-refractivity contribution is 9.10. The van der Waals surface area contributed by atoms with Crippen LogP contribution in [0, 0.1) is 10.1 Å². The summed E-state index contributed by atoms with van der Waals surface area (Å²) in [7, 11) is 1.57. The average Bonchev–Trinajstić information content (AvgIpc) is 2.60. The van der Waals surface area contributed by atoms with Crippen LogP contribution >= 0.6 is 15.9 Å². The highest BCUT2D eigenvalue weighted by atomic mass is 79.9. The zero-order chi connectivity index (χ0) is 18.4. The number of halogens is 1. The lowest BCUT2D eigenvalue weighted by Gasteiger charge is -2.05. The van der Waals surface area contributed by atoms with E-state index in [2.05, 4.69) is 20.9 Å². The highest BCUT2D eigenvalue weighted by Crippen LogP contribution is 2.26. The number of carbonyl (C=O) groups is 1. The van der Waals surface area contributed by atoms with Crippen LogP contribution in [0.4, 0.5) is 5.69 Å². The van der Waals surface area contributed by atoms with E-state index in [-0.39, 0.29) is 23.6 Å². The number of aromatic nitrogens is 1. The average molecular weight is 407 g/mol. The fourth-order valence-electron chi connectivity index (χ4n) is 2.03. The molecule has 0 radical (unpaired) electrons. The van der Waals surface area contributed by atoms with Crippen molar-refractivity contribution in [1.82, 2.24) is 4.98 Å². The van der Waals surface area contributed by atoms with E-state index >= 15 is 0 Å². The highest BCUT2D eigenvalue weighted by Gasteiger charge is 2.17. The molecule has 0 atom stereocenters. The molecule has 130 valence electrons. The van der Waals surface area contributed by atoms with Gasteiger partial charge in [-0.05, 0) is 46.6 Å². The van der Waals surface area contributed by atoms with E-state index in [1.165, 1.54) is 0 Å². The van der Waals surface area contributed by atoms with E-state index < -0.39 is 10.9 Å². The monoisotopic (exact) mass is 406 g/mol. The molecule has 25 heavy (non-hydrogen) atoms. The zero-order valence-corrected chi connectivity index (χ0v) is 15.1. The Morgan fingerprint density at radius 1 is 1.36 bits per heavy atom. The lowest BCUT2D eigenvalue weighted by atomic mass is 10.1. The maximum Gasteiger partial charge on any atom is 0.340 e. The number of esters is 1. The summed E-state index contributed by atoms with van der Waals surface area (Å²) in [6, 6.07) is 6.62. The summed E-state index contributed by atoms with van der Waals surface area (Å²) in [5.41, 5.74) is 0.894. The van der Waals surface area contributed by atoms with Crippen LogP contribution in [-0.2, 0) is 4.74 Å². The van der Waals surface area contributed by atoms with E-state index in [9.17, 15) is 14.9 Å². The summed E-state index contributed by atoms with van der Waals surface area (Å²) in [6.45, 7) is 1.82. The molecule has 8 heteroatoms. The van der Waals surface area contributed by atoms with Gasteiger partial charge in [0.25, 0.3) is 5.69 Å². The molecular formula is C17H15BrN2O5. The van der Waals surface area contributed by atoms with Crippen LogP contribution in [-0.4, -0.2) is 29.6 Å². The van der Waals surface area contributed by atoms with Crippen molar-refractivity contribution in [2.75, 3.05) is 13.7 Å². The second kappa shape index (κ2) is 8.39. The number of nitro groups is 1. The third-order valence-electron chi connectivity index (χ3n) is 3.22. The first-order valence-corrected chi connectivity index (χ1v) is 8.08. The molecule has 0 amide bonds. The summed E-state index contributed by atoms with van der Waals surface area (Å²) in [6.07, 6.45) is 4.44. The number of rotatable bonds is 6. The quantitative estimate of drug-likeness (QED) is 0.407. The number of hydrogen-bond acceptors (Lipinski definition) is 6. The van der Waals surface area contributed by atoms with Crippen molar-refractivity contribution in [2.45, 2.75) is 6.92 Å². The molecule has 2 aromatic rings. The van der Waals surface area contributed by atoms with Gasteiger partial charge in [-0.25, -0.2) is 9.78 Å². The van der Waals surface area contributed by atoms with Gasteiger partial charge < -0.3 is 9.47 Å². The van der Waals surface area contributed by atoms with Crippen molar-refractivity contribution in [3.8, 4) is 5.75 Å². The van der Waals surface area contributed by atoms with E-state index in [0.29, 0.717) is 5.75 Å². The molecule has 1 heterocycles. The Hall–Kier alpha value is -2.74. The number of carbonyl (C=O) groups excluding carboxylic acids is 1. The van der Waals surface area contributed by atoms with Crippen LogP contribution in [0.3, 0.4) is 0 Å². The number of pyridine rings is 1. The fraction of sp³-hybridized carbons (Fsp3) is 0.176. The van der Waals surface area contributed by atoms with E-state index in [1.807, 2.05) is 12.1 Å². The lowest BCUT2D eigenvalue weighted by molar-refractivity contribution is -0.385. The summed E-state index contributed by atoms with van der Waals surface area (Å²) < 4.78 is 10.9. The Morgan fingerprint density at radius 3 is 2.72 bits per heavy atom. The Labute approximate surface area is 152 Å². The molecule has 0 spiro atoms. The molecule has 7 nitrogen and oxygen atoms in total. The predicted molar refractivity (Wildman–Crippen MR) is 96.5 cm³/mol. The molecule has 0 unspecified atom stereocenters. The van der Waals surface area contributed by atoms with Crippen LogP contribution in [0.25, 0.3) is 12.2 Å². The maximum atomic E-state index is 12.0. The van der Waals surface area contributed by atoms with Gasteiger partial charge in [0.1, 0.15) is 11.9 Å². The van der Waals surface area contributed by atoms with Gasteiger partial charge >= 0.3 is 5.97 Å². The minimum absolute atomic E-state index is 0.0416. The standard InChI is InChI=1S/C17H15BrN2O5/c1-3-25-17(21)13-9-12(20(22)23)10-19-15(13)6-4-11-5-7-16(24-2)14(18)8-11/h4-10H,3H2,1-2H3/b6-4+. The smallest absolute Gasteiger partial charge is 0.340 e. The van der Waals surface area contributed by atoms with Gasteiger partial charge in [0.2, 0.25) is 0 Å². The van der Waals surface area contributed by atoms with E-state index in [1.54, 1.807) is 32.3 Å². The first kappa shape index (κ1) is 18.6. The van der Waals surface area contributed by atoms with Gasteiger partial charge in [-0.3, -0.25) is 10.1 Å². The Kier molecular flexibility index (Phi) is 6.24. The SMILES string of the molecule is CCOC(=O)c1cc([N+](=O)[O-])cnc1/C=C/c1ccc(OC)c(Br)c1. The minimum atomic E-state index is -0.658. The van der Waals surface area contributed by atoms with Crippen molar-refractivity contribution >= 4 is 39.7 Å². The zero-order valence-electron chi connectivity index (χ0n) is 13.6. The topological polar surface area (TPSA) is 91.6 Å². The van der Waals surface area contributed by atoms with Crippen LogP contribution in [0.1, 0.15) is 28.5 Å². The summed E-state index contributed by atoms with van der Waals surface area (Å²) >= 11 is 3.39. The fourth-order valence-corrected chi connectivity index (χ4v) is 2.59. The largest absolute Gasteiger partial charge is 0.496 e. The van der Waals surface area contributed by atoms with E-state index in [0.717, 1.165) is 22.3 Å². The minimum Gasteiger partial charge on any atom is -0.496 e. The van der Waals surface area contributed by atoms with Crippen LogP contribution in [0.5, 0.6) is 5.75 Å². The molecule has 0 N–H and O–H groups in total. The molecule has 1 aromatic carbocycles. The third-order valence-corrected chi connectivity index (χ3v) is 3.84. The number of nitrogens with zero attached hydrogens (tertiary/aromatic N) is 2. The Morgan fingerprint density at radius 2 is 2.12 bits per heavy atom. The van der Waals surface area contributed by atoms with Crippen molar-refractivity contribution in [1.29, 1.82) is 0 Å². The normalized spacial score (nSPS) is 10.7. The summed E-state index contributed by atoms with van der Waals surface area (Å²) in [5.74, 6) is 0.0343. The Bertz CT molecular complexity index is 836. The van der Waals surface area contributed by atoms with Crippen molar-refractivity contribution in [3.63, 3.8) is 0 Å². The van der Waals surface area contributed by atoms with Gasteiger partial charge in [-0.15, -0.1) is 0 Å². The summed E-state index contributed by atoms with van der Waals surface area (Å²) in [4.78, 5) is 26.3. The first-order chi connectivity index (χ1) is 12.0. The molecule has 2 rings (SSSR count). The van der Waals surface area contributed by atoms with Crippen LogP contribution < -0.4 is 4.74 Å². The number of hydrogen-bond donors (Lipinski definition) is 0. The lowest BCUT2D eigenvalue weighted by Crippen LogP contribution is -2.08. The van der Waals surface area contributed by atoms with Gasteiger partial charge in [-0.2, -0.15) is 0 Å². The molecule has 0 saturated heterocycles. The molecule has 0 aliphatic carbocycles. The molecule has 1 aromatic heterocycles. The Balaban J connectivity index is 2.38. The van der Waals surface area contributed by atoms with Crippen molar-refractivity contribution in [2.24, 2.45) is 0 Å². The van der Waals surface area contributed by atoms with Crippen molar-refractivity contribution in [3.05, 3.63) is 61.9 Å². The second-order valence-electron chi connectivity index (χ2n) is 4.83.